The number of amides is 1. The van der Waals surface area contributed by atoms with Crippen LogP contribution in [-0.4, -0.2) is 25.2 Å². The molecular formula is C17H23FN2O2. The van der Waals surface area contributed by atoms with Gasteiger partial charge in [0.05, 0.1) is 18.3 Å². The molecule has 2 fully saturated rings. The molecule has 0 radical (unpaired) electrons. The van der Waals surface area contributed by atoms with Crippen LogP contribution < -0.4 is 10.6 Å². The van der Waals surface area contributed by atoms with Crippen LogP contribution in [0.25, 0.3) is 0 Å². The molecule has 22 heavy (non-hydrogen) atoms. The third kappa shape index (κ3) is 3.77. The van der Waals surface area contributed by atoms with E-state index in [9.17, 15) is 9.18 Å². The van der Waals surface area contributed by atoms with E-state index < -0.39 is 5.82 Å². The average molecular weight is 306 g/mol. The van der Waals surface area contributed by atoms with Gasteiger partial charge >= 0.3 is 0 Å². The van der Waals surface area contributed by atoms with Gasteiger partial charge in [0, 0.05) is 18.2 Å². The second-order valence-corrected chi connectivity index (χ2v) is 6.22. The predicted octanol–water partition coefficient (Wildman–Crippen LogP) is 3.55. The Balaban J connectivity index is 1.65. The summed E-state index contributed by atoms with van der Waals surface area (Å²) in [6, 6.07) is 5.03. The number of ether oxygens (including phenoxy) is 1. The van der Waals surface area contributed by atoms with Crippen molar-refractivity contribution in [2.24, 2.45) is 5.92 Å². The molecule has 1 saturated carbocycles. The summed E-state index contributed by atoms with van der Waals surface area (Å²) in [6.45, 7) is 1.42. The first kappa shape index (κ1) is 15.3. The van der Waals surface area contributed by atoms with Gasteiger partial charge in [-0.2, -0.15) is 0 Å². The van der Waals surface area contributed by atoms with Gasteiger partial charge in [-0.15, -0.1) is 0 Å². The van der Waals surface area contributed by atoms with Gasteiger partial charge in [0.1, 0.15) is 5.82 Å². The van der Waals surface area contributed by atoms with Crippen molar-refractivity contribution in [1.29, 1.82) is 0 Å². The topological polar surface area (TPSA) is 50.4 Å². The van der Waals surface area contributed by atoms with E-state index in [2.05, 4.69) is 10.6 Å². The molecule has 1 aromatic rings. The van der Waals surface area contributed by atoms with Crippen LogP contribution in [0.15, 0.2) is 18.2 Å². The highest BCUT2D eigenvalue weighted by molar-refractivity contribution is 5.93. The van der Waals surface area contributed by atoms with Gasteiger partial charge in [-0.25, -0.2) is 4.39 Å². The normalized spacial score (nSPS) is 22.5. The Morgan fingerprint density at radius 1 is 1.18 bits per heavy atom. The molecule has 0 bridgehead atoms. The standard InChI is InChI=1S/C17H23FN2O2/c18-15-7-6-13(19-14-8-9-22-11-14)10-16(15)20-17(21)12-4-2-1-3-5-12/h6-7,10,12,14,19H,1-5,8-9,11H2,(H,20,21). The summed E-state index contributed by atoms with van der Waals surface area (Å²) in [5.74, 6) is -0.426. The van der Waals surface area contributed by atoms with Crippen molar-refractivity contribution in [3.8, 4) is 0 Å². The fourth-order valence-electron chi connectivity index (χ4n) is 3.19. The Bertz CT molecular complexity index is 523. The minimum atomic E-state index is -0.391. The van der Waals surface area contributed by atoms with Crippen molar-refractivity contribution in [3.63, 3.8) is 0 Å². The molecule has 1 aromatic carbocycles. The van der Waals surface area contributed by atoms with Gasteiger partial charge < -0.3 is 15.4 Å². The molecule has 4 nitrogen and oxygen atoms in total. The molecule has 1 heterocycles. The number of nitrogens with one attached hydrogen (secondary N) is 2. The smallest absolute Gasteiger partial charge is 0.227 e. The highest BCUT2D eigenvalue weighted by atomic mass is 19.1. The van der Waals surface area contributed by atoms with Gasteiger partial charge in [0.2, 0.25) is 5.91 Å². The fourth-order valence-corrected chi connectivity index (χ4v) is 3.19. The lowest BCUT2D eigenvalue weighted by Gasteiger charge is -2.21. The molecule has 5 heteroatoms. The van der Waals surface area contributed by atoms with Crippen LogP contribution in [-0.2, 0) is 9.53 Å². The van der Waals surface area contributed by atoms with E-state index in [1.807, 2.05) is 0 Å². The third-order valence-corrected chi connectivity index (χ3v) is 4.50. The Morgan fingerprint density at radius 2 is 2.00 bits per heavy atom. The third-order valence-electron chi connectivity index (χ3n) is 4.50. The van der Waals surface area contributed by atoms with Crippen LogP contribution >= 0.6 is 0 Å². The number of hydrogen-bond acceptors (Lipinski definition) is 3. The Morgan fingerprint density at radius 3 is 2.73 bits per heavy atom. The molecule has 0 aromatic heterocycles. The Kier molecular flexibility index (Phi) is 4.93. The van der Waals surface area contributed by atoms with Crippen molar-refractivity contribution >= 4 is 17.3 Å². The van der Waals surface area contributed by atoms with E-state index in [4.69, 9.17) is 4.74 Å². The second-order valence-electron chi connectivity index (χ2n) is 6.22. The number of hydrogen-bond donors (Lipinski definition) is 2. The number of anilines is 2. The number of carbonyl (C=O) groups excluding carboxylic acids is 1. The van der Waals surface area contributed by atoms with Crippen molar-refractivity contribution in [1.82, 2.24) is 0 Å². The highest BCUT2D eigenvalue weighted by Gasteiger charge is 2.22. The van der Waals surface area contributed by atoms with Gasteiger partial charge in [-0.3, -0.25) is 4.79 Å². The maximum Gasteiger partial charge on any atom is 0.227 e. The summed E-state index contributed by atoms with van der Waals surface area (Å²) in [5.41, 5.74) is 1.08. The summed E-state index contributed by atoms with van der Waals surface area (Å²) in [6.07, 6.45) is 6.13. The maximum atomic E-state index is 13.9. The van der Waals surface area contributed by atoms with Crippen LogP contribution in [0.5, 0.6) is 0 Å². The number of rotatable bonds is 4. The zero-order valence-corrected chi connectivity index (χ0v) is 12.7. The SMILES string of the molecule is O=C(Nc1cc(NC2CCOC2)ccc1F)C1CCCCC1. The van der Waals surface area contributed by atoms with E-state index in [0.717, 1.165) is 44.4 Å². The predicted molar refractivity (Wildman–Crippen MR) is 84.5 cm³/mol. The molecule has 2 aliphatic rings. The quantitative estimate of drug-likeness (QED) is 0.894. The second kappa shape index (κ2) is 7.09. The first-order valence-electron chi connectivity index (χ1n) is 8.17. The number of halogens is 1. The molecule has 2 N–H and O–H groups in total. The minimum Gasteiger partial charge on any atom is -0.380 e. The molecule has 0 spiro atoms. The summed E-state index contributed by atoms with van der Waals surface area (Å²) < 4.78 is 19.3. The lowest BCUT2D eigenvalue weighted by Crippen LogP contribution is -2.25. The van der Waals surface area contributed by atoms with Gasteiger partial charge in [0.25, 0.3) is 0 Å². The molecular weight excluding hydrogens is 283 g/mol. The number of benzene rings is 1. The van der Waals surface area contributed by atoms with Crippen LogP contribution in [0.2, 0.25) is 0 Å². The van der Waals surface area contributed by atoms with Crippen LogP contribution in [0.4, 0.5) is 15.8 Å². The largest absolute Gasteiger partial charge is 0.380 e. The monoisotopic (exact) mass is 306 g/mol. The lowest BCUT2D eigenvalue weighted by atomic mass is 9.88. The zero-order valence-electron chi connectivity index (χ0n) is 12.7. The van der Waals surface area contributed by atoms with Crippen molar-refractivity contribution in [2.75, 3.05) is 23.8 Å². The van der Waals surface area contributed by atoms with Crippen LogP contribution in [0.3, 0.4) is 0 Å². The number of carbonyl (C=O) groups is 1. The van der Waals surface area contributed by atoms with E-state index >= 15 is 0 Å². The molecule has 1 unspecified atom stereocenters. The zero-order chi connectivity index (χ0) is 15.4. The molecule has 1 aliphatic carbocycles. The Labute approximate surface area is 130 Å². The molecule has 1 amide bonds. The van der Waals surface area contributed by atoms with Crippen LogP contribution in [0, 0.1) is 11.7 Å². The molecule has 1 saturated heterocycles. The fraction of sp³-hybridized carbons (Fsp3) is 0.588. The first-order chi connectivity index (χ1) is 10.7. The minimum absolute atomic E-state index is 0.0213. The van der Waals surface area contributed by atoms with Gasteiger partial charge in [-0.05, 0) is 37.5 Å². The average Bonchev–Trinajstić information content (AvgIpc) is 3.04. The Hall–Kier alpha value is -1.62. The summed E-state index contributed by atoms with van der Waals surface area (Å²) in [7, 11) is 0. The van der Waals surface area contributed by atoms with Crippen molar-refractivity contribution < 1.29 is 13.9 Å². The maximum absolute atomic E-state index is 13.9. The van der Waals surface area contributed by atoms with E-state index in [1.165, 1.54) is 12.5 Å². The van der Waals surface area contributed by atoms with Gasteiger partial charge in [-0.1, -0.05) is 19.3 Å². The van der Waals surface area contributed by atoms with Crippen molar-refractivity contribution in [3.05, 3.63) is 24.0 Å². The highest BCUT2D eigenvalue weighted by Crippen LogP contribution is 2.27. The summed E-state index contributed by atoms with van der Waals surface area (Å²) in [4.78, 5) is 12.3. The molecule has 1 aliphatic heterocycles. The summed E-state index contributed by atoms with van der Waals surface area (Å²) in [5, 5.41) is 6.08. The lowest BCUT2D eigenvalue weighted by molar-refractivity contribution is -0.120. The molecule has 120 valence electrons. The van der Waals surface area contributed by atoms with E-state index in [-0.39, 0.29) is 23.6 Å². The van der Waals surface area contributed by atoms with Crippen molar-refractivity contribution in [2.45, 2.75) is 44.6 Å². The summed E-state index contributed by atoms with van der Waals surface area (Å²) >= 11 is 0. The van der Waals surface area contributed by atoms with Crippen LogP contribution in [0.1, 0.15) is 38.5 Å². The molecule has 3 rings (SSSR count). The first-order valence-corrected chi connectivity index (χ1v) is 8.17. The molecule has 1 atom stereocenters. The van der Waals surface area contributed by atoms with E-state index in [0.29, 0.717) is 6.61 Å². The van der Waals surface area contributed by atoms with E-state index in [1.54, 1.807) is 12.1 Å². The van der Waals surface area contributed by atoms with Gasteiger partial charge in [0.15, 0.2) is 0 Å².